The van der Waals surface area contributed by atoms with E-state index in [1.54, 1.807) is 9.58 Å². The zero-order chi connectivity index (χ0) is 16.7. The van der Waals surface area contributed by atoms with Gasteiger partial charge in [-0.3, -0.25) is 9.59 Å². The average molecular weight is 329 g/mol. The molecule has 124 valence electrons. The fraction of sp³-hybridized carbons (Fsp3) is 0.400. The second kappa shape index (κ2) is 5.59. The lowest BCUT2D eigenvalue weighted by Crippen LogP contribution is -2.55. The molecule has 0 N–H and O–H groups in total. The van der Waals surface area contributed by atoms with E-state index < -0.39 is 6.09 Å². The first-order chi connectivity index (χ1) is 11.6. The molecule has 0 aliphatic carbocycles. The van der Waals surface area contributed by atoms with E-state index in [0.717, 1.165) is 15.9 Å². The molecule has 1 aromatic heterocycles. The van der Waals surface area contributed by atoms with Crippen LogP contribution in [-0.4, -0.2) is 68.9 Å². The van der Waals surface area contributed by atoms with E-state index in [0.29, 0.717) is 19.6 Å². The minimum absolute atomic E-state index is 0.0581. The second-order valence-electron chi connectivity index (χ2n) is 5.96. The van der Waals surface area contributed by atoms with Crippen LogP contribution in [0.4, 0.5) is 4.79 Å². The van der Waals surface area contributed by atoms with E-state index in [9.17, 15) is 14.4 Å². The van der Waals surface area contributed by atoms with Gasteiger partial charge in [0, 0.05) is 25.6 Å². The number of aromatic nitrogens is 3. The SMILES string of the molecule is O=C(Cn1nnc2ccccc21)N1CC(CN2C(=O)COC2=O)C1. The van der Waals surface area contributed by atoms with Crippen molar-refractivity contribution in [1.29, 1.82) is 0 Å². The summed E-state index contributed by atoms with van der Waals surface area (Å²) in [7, 11) is 0. The molecule has 2 fully saturated rings. The van der Waals surface area contributed by atoms with Crippen LogP contribution in [0.2, 0.25) is 0 Å². The van der Waals surface area contributed by atoms with Crippen LogP contribution in [0.3, 0.4) is 0 Å². The summed E-state index contributed by atoms with van der Waals surface area (Å²) in [6.45, 7) is 1.27. The van der Waals surface area contributed by atoms with Gasteiger partial charge in [-0.25, -0.2) is 14.4 Å². The summed E-state index contributed by atoms with van der Waals surface area (Å²) in [5.74, 6) is -0.285. The van der Waals surface area contributed by atoms with E-state index in [1.807, 2.05) is 24.3 Å². The monoisotopic (exact) mass is 329 g/mol. The molecular weight excluding hydrogens is 314 g/mol. The number of rotatable bonds is 4. The molecule has 0 saturated carbocycles. The highest BCUT2D eigenvalue weighted by atomic mass is 16.6. The molecule has 2 aliphatic heterocycles. The number of imide groups is 1. The molecule has 0 spiro atoms. The maximum atomic E-state index is 12.3. The lowest BCUT2D eigenvalue weighted by molar-refractivity contribution is -0.139. The molecule has 0 unspecified atom stereocenters. The number of ether oxygens (including phenoxy) is 1. The van der Waals surface area contributed by atoms with Gasteiger partial charge in [0.05, 0.1) is 5.52 Å². The molecule has 2 aromatic rings. The van der Waals surface area contributed by atoms with Crippen molar-refractivity contribution in [3.8, 4) is 0 Å². The summed E-state index contributed by atoms with van der Waals surface area (Å²) in [5.41, 5.74) is 1.56. The maximum Gasteiger partial charge on any atom is 0.417 e. The normalized spacial score (nSPS) is 18.2. The van der Waals surface area contributed by atoms with Crippen LogP contribution in [0.15, 0.2) is 24.3 Å². The van der Waals surface area contributed by atoms with Crippen LogP contribution in [0.5, 0.6) is 0 Å². The van der Waals surface area contributed by atoms with Crippen LogP contribution < -0.4 is 0 Å². The highest BCUT2D eigenvalue weighted by Gasteiger charge is 2.38. The van der Waals surface area contributed by atoms with E-state index in [4.69, 9.17) is 0 Å². The van der Waals surface area contributed by atoms with Crippen molar-refractivity contribution in [3.05, 3.63) is 24.3 Å². The molecule has 0 atom stereocenters. The van der Waals surface area contributed by atoms with Crippen LogP contribution in [0.1, 0.15) is 0 Å². The van der Waals surface area contributed by atoms with Gasteiger partial charge in [0.25, 0.3) is 5.91 Å². The first kappa shape index (κ1) is 14.6. The van der Waals surface area contributed by atoms with Crippen LogP contribution in [0.25, 0.3) is 11.0 Å². The number of carbonyl (C=O) groups is 3. The number of nitrogens with zero attached hydrogens (tertiary/aromatic N) is 5. The first-order valence-electron chi connectivity index (χ1n) is 7.65. The van der Waals surface area contributed by atoms with Gasteiger partial charge in [0.1, 0.15) is 12.1 Å². The topological polar surface area (TPSA) is 97.6 Å². The Bertz CT molecular complexity index is 810. The van der Waals surface area contributed by atoms with Crippen molar-refractivity contribution < 1.29 is 19.1 Å². The van der Waals surface area contributed by atoms with Gasteiger partial charge in [-0.05, 0) is 12.1 Å². The Morgan fingerprint density at radius 2 is 2.04 bits per heavy atom. The lowest BCUT2D eigenvalue weighted by Gasteiger charge is -2.40. The lowest BCUT2D eigenvalue weighted by atomic mass is 9.99. The number of likely N-dealkylation sites (tertiary alicyclic amines) is 1. The van der Waals surface area contributed by atoms with Crippen LogP contribution in [-0.2, 0) is 20.9 Å². The number of carbonyl (C=O) groups excluding carboxylic acids is 3. The Morgan fingerprint density at radius 1 is 1.25 bits per heavy atom. The van der Waals surface area contributed by atoms with Crippen molar-refractivity contribution in [2.45, 2.75) is 6.54 Å². The zero-order valence-electron chi connectivity index (χ0n) is 12.8. The number of fused-ring (bicyclic) bond motifs is 1. The maximum absolute atomic E-state index is 12.3. The number of amides is 3. The largest absolute Gasteiger partial charge is 0.439 e. The molecule has 1 aromatic carbocycles. The predicted molar refractivity (Wildman–Crippen MR) is 80.7 cm³/mol. The summed E-state index contributed by atoms with van der Waals surface area (Å²) in [6.07, 6.45) is -0.598. The minimum Gasteiger partial charge on any atom is -0.439 e. The molecule has 2 aliphatic rings. The fourth-order valence-corrected chi connectivity index (χ4v) is 2.97. The van der Waals surface area contributed by atoms with E-state index in [1.165, 1.54) is 0 Å². The van der Waals surface area contributed by atoms with Gasteiger partial charge in [0.15, 0.2) is 6.61 Å². The van der Waals surface area contributed by atoms with E-state index >= 15 is 0 Å². The Balaban J connectivity index is 1.33. The fourth-order valence-electron chi connectivity index (χ4n) is 2.97. The van der Waals surface area contributed by atoms with E-state index in [2.05, 4.69) is 15.0 Å². The summed E-state index contributed by atoms with van der Waals surface area (Å²) >= 11 is 0. The molecule has 4 rings (SSSR count). The Hall–Kier alpha value is -2.97. The number of benzene rings is 1. The predicted octanol–water partition coefficient (Wildman–Crippen LogP) is -0.132. The number of hydrogen-bond donors (Lipinski definition) is 0. The summed E-state index contributed by atoms with van der Waals surface area (Å²) in [5, 5.41) is 8.02. The molecule has 9 nitrogen and oxygen atoms in total. The highest BCUT2D eigenvalue weighted by Crippen LogP contribution is 2.20. The minimum atomic E-state index is -0.598. The second-order valence-corrected chi connectivity index (χ2v) is 5.96. The van der Waals surface area contributed by atoms with Gasteiger partial charge >= 0.3 is 6.09 Å². The van der Waals surface area contributed by atoms with Crippen molar-refractivity contribution in [2.24, 2.45) is 5.92 Å². The zero-order valence-corrected chi connectivity index (χ0v) is 12.8. The molecule has 9 heteroatoms. The quantitative estimate of drug-likeness (QED) is 0.775. The number of cyclic esters (lactones) is 1. The Kier molecular flexibility index (Phi) is 3.40. The first-order valence-corrected chi connectivity index (χ1v) is 7.65. The van der Waals surface area contributed by atoms with Crippen LogP contribution >= 0.6 is 0 Å². The summed E-state index contributed by atoms with van der Waals surface area (Å²) < 4.78 is 6.25. The standard InChI is InChI=1S/C15H15N5O4/c21-13(8-20-12-4-2-1-3-11(12)16-17-20)18-5-10(6-18)7-19-14(22)9-24-15(19)23/h1-4,10H,5-9H2. The molecule has 3 amide bonds. The third kappa shape index (κ3) is 2.47. The summed E-state index contributed by atoms with van der Waals surface area (Å²) in [6, 6.07) is 7.45. The van der Waals surface area contributed by atoms with Crippen LogP contribution in [0, 0.1) is 5.92 Å². The average Bonchev–Trinajstić information content (AvgIpc) is 3.08. The van der Waals surface area contributed by atoms with Crippen molar-refractivity contribution in [2.75, 3.05) is 26.2 Å². The van der Waals surface area contributed by atoms with Crippen molar-refractivity contribution >= 4 is 28.9 Å². The van der Waals surface area contributed by atoms with Crippen molar-refractivity contribution in [3.63, 3.8) is 0 Å². The van der Waals surface area contributed by atoms with Gasteiger partial charge in [-0.15, -0.1) is 5.10 Å². The molecule has 0 radical (unpaired) electrons. The van der Waals surface area contributed by atoms with Gasteiger partial charge < -0.3 is 9.64 Å². The van der Waals surface area contributed by atoms with E-state index in [-0.39, 0.29) is 30.9 Å². The van der Waals surface area contributed by atoms with Crippen molar-refractivity contribution in [1.82, 2.24) is 24.8 Å². The summed E-state index contributed by atoms with van der Waals surface area (Å²) in [4.78, 5) is 38.0. The van der Waals surface area contributed by atoms with Gasteiger partial charge in [-0.1, -0.05) is 17.3 Å². The molecule has 2 saturated heterocycles. The third-order valence-electron chi connectivity index (χ3n) is 4.30. The number of para-hydroxylation sites is 1. The molecular formula is C15H15N5O4. The Labute approximate surface area is 136 Å². The molecule has 0 bridgehead atoms. The van der Waals surface area contributed by atoms with Gasteiger partial charge in [-0.2, -0.15) is 0 Å². The third-order valence-corrected chi connectivity index (χ3v) is 4.30. The highest BCUT2D eigenvalue weighted by molar-refractivity contribution is 5.97. The smallest absolute Gasteiger partial charge is 0.417 e. The molecule has 3 heterocycles. The number of hydrogen-bond acceptors (Lipinski definition) is 6. The molecule has 24 heavy (non-hydrogen) atoms. The van der Waals surface area contributed by atoms with Gasteiger partial charge in [0.2, 0.25) is 5.91 Å². The Morgan fingerprint density at radius 3 is 2.79 bits per heavy atom.